The number of aryl methyl sites for hydroxylation is 1. The summed E-state index contributed by atoms with van der Waals surface area (Å²) in [6, 6.07) is 8.20. The molecular weight excluding hydrogens is 364 g/mol. The van der Waals surface area contributed by atoms with Crippen molar-refractivity contribution in [3.8, 4) is 0 Å². The maximum absolute atomic E-state index is 13.0. The van der Waals surface area contributed by atoms with E-state index in [9.17, 15) is 9.59 Å². The number of carbonyl (C=O) groups is 2. The number of amides is 2. The first-order valence-corrected chi connectivity index (χ1v) is 10.4. The Balaban J connectivity index is 1.43. The summed E-state index contributed by atoms with van der Waals surface area (Å²) in [5.74, 6) is 1.13. The number of rotatable bonds is 3. The van der Waals surface area contributed by atoms with Crippen LogP contribution in [0.3, 0.4) is 0 Å². The van der Waals surface area contributed by atoms with Crippen LogP contribution in [-0.2, 0) is 22.6 Å². The van der Waals surface area contributed by atoms with Gasteiger partial charge < -0.3 is 9.80 Å². The molecule has 2 atom stereocenters. The van der Waals surface area contributed by atoms with Crippen LogP contribution in [-0.4, -0.2) is 51.2 Å². The lowest BCUT2D eigenvalue weighted by molar-refractivity contribution is -0.131. The second kappa shape index (κ2) is 7.93. The fourth-order valence-corrected chi connectivity index (χ4v) is 4.24. The van der Waals surface area contributed by atoms with E-state index >= 15 is 0 Å². The van der Waals surface area contributed by atoms with Crippen molar-refractivity contribution in [2.45, 2.75) is 52.0 Å². The average Bonchev–Trinajstić information content (AvgIpc) is 3.22. The lowest BCUT2D eigenvalue weighted by Gasteiger charge is -2.27. The van der Waals surface area contributed by atoms with E-state index in [-0.39, 0.29) is 23.7 Å². The van der Waals surface area contributed by atoms with Crippen LogP contribution in [0.15, 0.2) is 30.5 Å². The third kappa shape index (κ3) is 4.02. The van der Waals surface area contributed by atoms with E-state index in [1.807, 2.05) is 35.1 Å². The molecular formula is C23H28N4O2. The molecule has 0 radical (unpaired) electrons. The molecule has 0 spiro atoms. The zero-order chi connectivity index (χ0) is 20.5. The van der Waals surface area contributed by atoms with Crippen LogP contribution in [0.1, 0.15) is 60.3 Å². The van der Waals surface area contributed by atoms with Gasteiger partial charge in [-0.2, -0.15) is 0 Å². The van der Waals surface area contributed by atoms with E-state index in [1.54, 1.807) is 6.92 Å². The largest absolute Gasteiger partial charge is 0.341 e. The molecule has 152 valence electrons. The summed E-state index contributed by atoms with van der Waals surface area (Å²) in [6.45, 7) is 8.36. The summed E-state index contributed by atoms with van der Waals surface area (Å²) in [5, 5.41) is 0. The molecule has 6 nitrogen and oxygen atoms in total. The first-order chi connectivity index (χ1) is 13.9. The maximum Gasteiger partial charge on any atom is 0.229 e. The summed E-state index contributed by atoms with van der Waals surface area (Å²) >= 11 is 0. The van der Waals surface area contributed by atoms with Gasteiger partial charge in [-0.15, -0.1) is 0 Å². The Labute approximate surface area is 172 Å². The standard InChI is InChI=1S/C23H28N4O2/c1-15-4-6-18(7-5-15)16(2)23(29)27-10-8-19(13-27)22-24-12-20-14-26(17(3)28)11-9-21(20)25-22/h4-7,12,16,19H,8-11,13-14H2,1-3H3/t16-,19-/m0/s1. The van der Waals surface area contributed by atoms with E-state index in [4.69, 9.17) is 4.98 Å². The highest BCUT2D eigenvalue weighted by molar-refractivity contribution is 5.83. The van der Waals surface area contributed by atoms with E-state index in [1.165, 1.54) is 5.56 Å². The molecule has 0 aliphatic carbocycles. The van der Waals surface area contributed by atoms with E-state index in [0.29, 0.717) is 19.6 Å². The van der Waals surface area contributed by atoms with Gasteiger partial charge in [-0.05, 0) is 25.8 Å². The van der Waals surface area contributed by atoms with Crippen LogP contribution in [0.25, 0.3) is 0 Å². The Morgan fingerprint density at radius 2 is 1.90 bits per heavy atom. The second-order valence-corrected chi connectivity index (χ2v) is 8.29. The van der Waals surface area contributed by atoms with Gasteiger partial charge in [0.25, 0.3) is 0 Å². The van der Waals surface area contributed by atoms with Crippen LogP contribution in [0, 0.1) is 6.92 Å². The first kappa shape index (κ1) is 19.6. The number of hydrogen-bond acceptors (Lipinski definition) is 4. The zero-order valence-corrected chi connectivity index (χ0v) is 17.4. The molecule has 2 aliphatic heterocycles. The molecule has 3 heterocycles. The lowest BCUT2D eigenvalue weighted by atomic mass is 9.98. The Morgan fingerprint density at radius 3 is 2.62 bits per heavy atom. The summed E-state index contributed by atoms with van der Waals surface area (Å²) in [7, 11) is 0. The van der Waals surface area contributed by atoms with E-state index < -0.39 is 0 Å². The van der Waals surface area contributed by atoms with Gasteiger partial charge in [-0.1, -0.05) is 29.8 Å². The van der Waals surface area contributed by atoms with Crippen molar-refractivity contribution in [1.29, 1.82) is 0 Å². The number of likely N-dealkylation sites (tertiary alicyclic amines) is 1. The number of hydrogen-bond donors (Lipinski definition) is 0. The van der Waals surface area contributed by atoms with Gasteiger partial charge in [0, 0.05) is 57.2 Å². The minimum absolute atomic E-state index is 0.0902. The molecule has 2 aromatic rings. The third-order valence-corrected chi connectivity index (χ3v) is 6.21. The normalized spacial score (nSPS) is 19.8. The Morgan fingerprint density at radius 1 is 1.14 bits per heavy atom. The van der Waals surface area contributed by atoms with Gasteiger partial charge in [0.05, 0.1) is 11.6 Å². The minimum atomic E-state index is -0.142. The summed E-state index contributed by atoms with van der Waals surface area (Å²) in [5.41, 5.74) is 4.34. The minimum Gasteiger partial charge on any atom is -0.341 e. The molecule has 0 bridgehead atoms. The van der Waals surface area contributed by atoms with Crippen molar-refractivity contribution in [2.75, 3.05) is 19.6 Å². The topological polar surface area (TPSA) is 66.4 Å². The van der Waals surface area contributed by atoms with Crippen molar-refractivity contribution in [1.82, 2.24) is 19.8 Å². The van der Waals surface area contributed by atoms with Crippen LogP contribution >= 0.6 is 0 Å². The van der Waals surface area contributed by atoms with Gasteiger partial charge >= 0.3 is 0 Å². The number of fused-ring (bicyclic) bond motifs is 1. The molecule has 1 aromatic carbocycles. The highest BCUT2D eigenvalue weighted by Crippen LogP contribution is 2.29. The van der Waals surface area contributed by atoms with Gasteiger partial charge in [-0.3, -0.25) is 9.59 Å². The molecule has 1 aromatic heterocycles. The summed E-state index contributed by atoms with van der Waals surface area (Å²) in [4.78, 5) is 37.8. The van der Waals surface area contributed by atoms with Crippen molar-refractivity contribution in [2.24, 2.45) is 0 Å². The van der Waals surface area contributed by atoms with Crippen molar-refractivity contribution >= 4 is 11.8 Å². The number of nitrogens with zero attached hydrogens (tertiary/aromatic N) is 4. The van der Waals surface area contributed by atoms with Crippen LogP contribution < -0.4 is 0 Å². The number of benzene rings is 1. The molecule has 2 amide bonds. The quantitative estimate of drug-likeness (QED) is 0.806. The molecule has 1 saturated heterocycles. The van der Waals surface area contributed by atoms with E-state index in [2.05, 4.69) is 24.0 Å². The second-order valence-electron chi connectivity index (χ2n) is 8.29. The zero-order valence-electron chi connectivity index (χ0n) is 17.4. The Bertz CT molecular complexity index is 925. The average molecular weight is 393 g/mol. The fourth-order valence-electron chi connectivity index (χ4n) is 4.24. The number of aromatic nitrogens is 2. The Hall–Kier alpha value is -2.76. The molecule has 4 rings (SSSR count). The van der Waals surface area contributed by atoms with Crippen LogP contribution in [0.2, 0.25) is 0 Å². The highest BCUT2D eigenvalue weighted by Gasteiger charge is 2.32. The van der Waals surface area contributed by atoms with Crippen molar-refractivity contribution in [3.05, 3.63) is 58.7 Å². The predicted molar refractivity (Wildman–Crippen MR) is 110 cm³/mol. The smallest absolute Gasteiger partial charge is 0.229 e. The SMILES string of the molecule is CC(=O)N1CCc2nc([C@H]3CCN(C(=O)[C@@H](C)c4ccc(C)cc4)C3)ncc2C1. The maximum atomic E-state index is 13.0. The summed E-state index contributed by atoms with van der Waals surface area (Å²) in [6.07, 6.45) is 3.53. The molecule has 0 saturated carbocycles. The monoisotopic (exact) mass is 392 g/mol. The van der Waals surface area contributed by atoms with Gasteiger partial charge in [0.1, 0.15) is 5.82 Å². The van der Waals surface area contributed by atoms with Gasteiger partial charge in [0.2, 0.25) is 11.8 Å². The lowest BCUT2D eigenvalue weighted by Crippen LogP contribution is -2.35. The molecule has 1 fully saturated rings. The van der Waals surface area contributed by atoms with Crippen molar-refractivity contribution in [3.63, 3.8) is 0 Å². The van der Waals surface area contributed by atoms with E-state index in [0.717, 1.165) is 42.0 Å². The van der Waals surface area contributed by atoms with Gasteiger partial charge in [0.15, 0.2) is 0 Å². The van der Waals surface area contributed by atoms with Crippen molar-refractivity contribution < 1.29 is 9.59 Å². The highest BCUT2D eigenvalue weighted by atomic mass is 16.2. The van der Waals surface area contributed by atoms with Gasteiger partial charge in [-0.25, -0.2) is 9.97 Å². The first-order valence-electron chi connectivity index (χ1n) is 10.4. The molecule has 0 unspecified atom stereocenters. The predicted octanol–water partition coefficient (Wildman–Crippen LogP) is 2.81. The van der Waals surface area contributed by atoms with Crippen LogP contribution in [0.5, 0.6) is 0 Å². The Kier molecular flexibility index (Phi) is 5.35. The summed E-state index contributed by atoms with van der Waals surface area (Å²) < 4.78 is 0. The molecule has 29 heavy (non-hydrogen) atoms. The molecule has 6 heteroatoms. The fraction of sp³-hybridized carbons (Fsp3) is 0.478. The number of carbonyl (C=O) groups excluding carboxylic acids is 2. The third-order valence-electron chi connectivity index (χ3n) is 6.21. The molecule has 0 N–H and O–H groups in total. The van der Waals surface area contributed by atoms with Crippen LogP contribution in [0.4, 0.5) is 0 Å². The molecule has 2 aliphatic rings.